The molecule has 0 aliphatic carbocycles. The van der Waals surface area contributed by atoms with E-state index in [-0.39, 0.29) is 0 Å². The number of hydrogen-bond acceptors (Lipinski definition) is 1. The number of phenolic OH excluding ortho intramolecular Hbond substituents is 1. The molecule has 104 valence electrons. The number of rotatable bonds is 2. The van der Waals surface area contributed by atoms with Crippen molar-refractivity contribution >= 4 is 27.6 Å². The van der Waals surface area contributed by atoms with Crippen LogP contribution in [0.5, 0.6) is 5.75 Å². The van der Waals surface area contributed by atoms with Gasteiger partial charge in [-0.2, -0.15) is 0 Å². The van der Waals surface area contributed by atoms with Gasteiger partial charge in [0.2, 0.25) is 0 Å². The van der Waals surface area contributed by atoms with Gasteiger partial charge in [-0.05, 0) is 30.0 Å². The van der Waals surface area contributed by atoms with E-state index in [4.69, 9.17) is 0 Å². The molecule has 0 bridgehead atoms. The van der Waals surface area contributed by atoms with Crippen molar-refractivity contribution in [2.45, 2.75) is 13.8 Å². The minimum absolute atomic E-state index is 0.350. The van der Waals surface area contributed by atoms with Crippen molar-refractivity contribution in [2.75, 3.05) is 0 Å². The van der Waals surface area contributed by atoms with E-state index in [2.05, 4.69) is 32.0 Å². The lowest BCUT2D eigenvalue weighted by Gasteiger charge is -2.10. The predicted octanol–water partition coefficient (Wildman–Crippen LogP) is 5.68. The molecule has 3 aromatic carbocycles. The Balaban J connectivity index is 2.38. The third kappa shape index (κ3) is 2.43. The van der Waals surface area contributed by atoms with E-state index in [1.165, 1.54) is 11.0 Å². The van der Waals surface area contributed by atoms with Gasteiger partial charge >= 0.3 is 0 Å². The van der Waals surface area contributed by atoms with Crippen LogP contribution in [-0.2, 0) is 0 Å². The molecular weight excluding hydrogens is 256 g/mol. The molecule has 1 heteroatoms. The van der Waals surface area contributed by atoms with Crippen LogP contribution in [-0.4, -0.2) is 5.11 Å². The fourth-order valence-corrected chi connectivity index (χ4v) is 2.66. The summed E-state index contributed by atoms with van der Waals surface area (Å²) in [6, 6.07) is 16.2. The number of hydrogen-bond donors (Lipinski definition) is 1. The van der Waals surface area contributed by atoms with Gasteiger partial charge in [-0.3, -0.25) is 0 Å². The van der Waals surface area contributed by atoms with E-state index >= 15 is 0 Å². The van der Waals surface area contributed by atoms with E-state index in [1.54, 1.807) is 0 Å². The number of benzene rings is 3. The highest BCUT2D eigenvalue weighted by atomic mass is 16.3. The monoisotopic (exact) mass is 274 g/mol. The Labute approximate surface area is 124 Å². The molecule has 0 aliphatic heterocycles. The zero-order valence-electron chi connectivity index (χ0n) is 12.3. The van der Waals surface area contributed by atoms with Gasteiger partial charge in [0.05, 0.1) is 0 Å². The quantitative estimate of drug-likeness (QED) is 0.471. The van der Waals surface area contributed by atoms with Crippen LogP contribution in [0.1, 0.15) is 19.4 Å². The van der Waals surface area contributed by atoms with Crippen molar-refractivity contribution in [3.63, 3.8) is 0 Å². The summed E-state index contributed by atoms with van der Waals surface area (Å²) in [6.07, 6.45) is 6.02. The Bertz CT molecular complexity index is 866. The van der Waals surface area contributed by atoms with Crippen LogP contribution in [0.2, 0.25) is 0 Å². The largest absolute Gasteiger partial charge is 0.507 e. The molecule has 0 amide bonds. The molecule has 1 nitrogen and oxygen atoms in total. The zero-order chi connectivity index (χ0) is 14.8. The first-order valence-electron chi connectivity index (χ1n) is 7.12. The molecule has 0 aromatic heterocycles. The van der Waals surface area contributed by atoms with Crippen molar-refractivity contribution in [2.24, 2.45) is 0 Å². The number of allylic oxidation sites excluding steroid dienone is 3. The van der Waals surface area contributed by atoms with Gasteiger partial charge in [-0.25, -0.2) is 0 Å². The summed E-state index contributed by atoms with van der Waals surface area (Å²) in [7, 11) is 0. The van der Waals surface area contributed by atoms with Crippen LogP contribution in [0.25, 0.3) is 27.6 Å². The average molecular weight is 274 g/mol. The van der Waals surface area contributed by atoms with Crippen LogP contribution in [0.3, 0.4) is 0 Å². The number of fused-ring (bicyclic) bond motifs is 3. The zero-order valence-corrected chi connectivity index (χ0v) is 12.3. The highest BCUT2D eigenvalue weighted by Gasteiger charge is 2.10. The molecule has 1 N–H and O–H groups in total. The smallest absolute Gasteiger partial charge is 0.131 e. The van der Waals surface area contributed by atoms with Gasteiger partial charge < -0.3 is 5.11 Å². The molecule has 0 unspecified atom stereocenters. The van der Waals surface area contributed by atoms with Crippen molar-refractivity contribution in [3.05, 3.63) is 71.8 Å². The summed E-state index contributed by atoms with van der Waals surface area (Å²) >= 11 is 0. The average Bonchev–Trinajstić information content (AvgIpc) is 2.50. The maximum absolute atomic E-state index is 10.6. The van der Waals surface area contributed by atoms with Gasteiger partial charge in [0.25, 0.3) is 0 Å². The SMILES string of the molecule is CC(C)=C/C=C/c1c(O)c2ccccc2c2ccccc12. The second kappa shape index (κ2) is 5.45. The summed E-state index contributed by atoms with van der Waals surface area (Å²) in [5.41, 5.74) is 2.11. The summed E-state index contributed by atoms with van der Waals surface area (Å²) in [4.78, 5) is 0. The first-order valence-corrected chi connectivity index (χ1v) is 7.12. The fraction of sp³-hybridized carbons (Fsp3) is 0.100. The van der Waals surface area contributed by atoms with Gasteiger partial charge in [0.15, 0.2) is 0 Å². The number of phenols is 1. The van der Waals surface area contributed by atoms with Gasteiger partial charge in [0, 0.05) is 10.9 Å². The molecule has 0 spiro atoms. The fourth-order valence-electron chi connectivity index (χ4n) is 2.66. The molecule has 0 heterocycles. The first-order chi connectivity index (χ1) is 10.2. The van der Waals surface area contributed by atoms with Crippen LogP contribution >= 0.6 is 0 Å². The van der Waals surface area contributed by atoms with Crippen molar-refractivity contribution < 1.29 is 5.11 Å². The summed E-state index contributed by atoms with van der Waals surface area (Å²) in [6.45, 7) is 4.12. The van der Waals surface area contributed by atoms with E-state index in [0.29, 0.717) is 5.75 Å². The predicted molar refractivity (Wildman–Crippen MR) is 91.6 cm³/mol. The molecule has 3 rings (SSSR count). The second-order valence-electron chi connectivity index (χ2n) is 5.46. The van der Waals surface area contributed by atoms with Crippen molar-refractivity contribution in [1.29, 1.82) is 0 Å². The van der Waals surface area contributed by atoms with E-state index in [9.17, 15) is 5.11 Å². The summed E-state index contributed by atoms with van der Waals surface area (Å²) in [5, 5.41) is 14.9. The maximum Gasteiger partial charge on any atom is 0.131 e. The van der Waals surface area contributed by atoms with Gasteiger partial charge in [-0.1, -0.05) is 72.3 Å². The molecule has 0 atom stereocenters. The van der Waals surface area contributed by atoms with Gasteiger partial charge in [0.1, 0.15) is 5.75 Å². The van der Waals surface area contributed by atoms with Crippen LogP contribution < -0.4 is 0 Å². The Morgan fingerprint density at radius 1 is 0.810 bits per heavy atom. The van der Waals surface area contributed by atoms with E-state index in [0.717, 1.165) is 21.7 Å². The summed E-state index contributed by atoms with van der Waals surface area (Å²) < 4.78 is 0. The minimum Gasteiger partial charge on any atom is -0.507 e. The third-order valence-electron chi connectivity index (χ3n) is 3.64. The highest BCUT2D eigenvalue weighted by Crippen LogP contribution is 2.37. The van der Waals surface area contributed by atoms with Crippen LogP contribution in [0.4, 0.5) is 0 Å². The van der Waals surface area contributed by atoms with E-state index in [1.807, 2.05) is 48.6 Å². The molecule has 0 fully saturated rings. The minimum atomic E-state index is 0.350. The lowest BCUT2D eigenvalue weighted by Crippen LogP contribution is -1.84. The lowest BCUT2D eigenvalue weighted by atomic mass is 9.95. The molecule has 0 radical (unpaired) electrons. The Morgan fingerprint density at radius 3 is 1.95 bits per heavy atom. The third-order valence-corrected chi connectivity index (χ3v) is 3.64. The standard InChI is InChI=1S/C20H18O/c1-14(2)8-7-13-19-17-10-4-3-9-15(17)16-11-5-6-12-18(16)20(19)21/h3-13,21H,1-2H3/b13-7+. The maximum atomic E-state index is 10.6. The highest BCUT2D eigenvalue weighted by molar-refractivity contribution is 6.14. The Morgan fingerprint density at radius 2 is 1.33 bits per heavy atom. The second-order valence-corrected chi connectivity index (χ2v) is 5.46. The Hall–Kier alpha value is -2.54. The lowest BCUT2D eigenvalue weighted by molar-refractivity contribution is 0.481. The normalized spacial score (nSPS) is 11.3. The number of aromatic hydroxyl groups is 1. The molecule has 21 heavy (non-hydrogen) atoms. The Kier molecular flexibility index (Phi) is 3.49. The van der Waals surface area contributed by atoms with E-state index < -0.39 is 0 Å². The molecule has 0 aliphatic rings. The van der Waals surface area contributed by atoms with Crippen LogP contribution in [0, 0.1) is 0 Å². The topological polar surface area (TPSA) is 20.2 Å². The molecule has 0 saturated carbocycles. The van der Waals surface area contributed by atoms with Crippen molar-refractivity contribution in [3.8, 4) is 5.75 Å². The van der Waals surface area contributed by atoms with Crippen molar-refractivity contribution in [1.82, 2.24) is 0 Å². The molecular formula is C20H18O. The van der Waals surface area contributed by atoms with Gasteiger partial charge in [-0.15, -0.1) is 0 Å². The summed E-state index contributed by atoms with van der Waals surface area (Å²) in [5.74, 6) is 0.350. The first kappa shape index (κ1) is 13.4. The molecule has 3 aromatic rings. The van der Waals surface area contributed by atoms with Crippen LogP contribution in [0.15, 0.2) is 66.3 Å². The molecule has 0 saturated heterocycles.